The average Bonchev–Trinajstić information content (AvgIpc) is 2.65. The molecule has 1 unspecified atom stereocenters. The van der Waals surface area contributed by atoms with Crippen LogP contribution in [0, 0.1) is 0 Å². The van der Waals surface area contributed by atoms with Crippen molar-refractivity contribution < 1.29 is 22.7 Å². The average molecular weight is 419 g/mol. The highest BCUT2D eigenvalue weighted by atomic mass is 32.2. The third-order valence-electron chi connectivity index (χ3n) is 4.08. The van der Waals surface area contributed by atoms with Crippen molar-refractivity contribution in [2.24, 2.45) is 0 Å². The fourth-order valence-corrected chi connectivity index (χ4v) is 3.23. The zero-order valence-electron chi connectivity index (χ0n) is 16.9. The van der Waals surface area contributed by atoms with Gasteiger partial charge < -0.3 is 15.4 Å². The molecule has 0 bridgehead atoms. The Morgan fingerprint density at radius 1 is 0.966 bits per heavy atom. The number of ether oxygens (including phenoxy) is 1. The summed E-state index contributed by atoms with van der Waals surface area (Å²) in [7, 11) is -3.26. The molecule has 2 amide bonds. The monoisotopic (exact) mass is 418 g/mol. The molecule has 2 aromatic carbocycles. The van der Waals surface area contributed by atoms with Gasteiger partial charge in [0.25, 0.3) is 5.91 Å². The van der Waals surface area contributed by atoms with E-state index >= 15 is 0 Å². The molecule has 0 aliphatic carbocycles. The van der Waals surface area contributed by atoms with Crippen molar-refractivity contribution in [3.63, 3.8) is 0 Å². The minimum atomic E-state index is -3.26. The van der Waals surface area contributed by atoms with E-state index in [0.717, 1.165) is 11.8 Å². The zero-order chi connectivity index (χ0) is 21.6. The van der Waals surface area contributed by atoms with E-state index in [2.05, 4.69) is 10.6 Å². The second-order valence-corrected chi connectivity index (χ2v) is 9.02. The van der Waals surface area contributed by atoms with Crippen molar-refractivity contribution in [1.29, 1.82) is 0 Å². The summed E-state index contributed by atoms with van der Waals surface area (Å²) in [6.45, 7) is 5.44. The van der Waals surface area contributed by atoms with E-state index in [0.29, 0.717) is 11.3 Å². The number of nitrogens with one attached hydrogen (secondary N) is 2. The third kappa shape index (κ3) is 6.90. The van der Waals surface area contributed by atoms with Crippen molar-refractivity contribution in [2.45, 2.75) is 37.8 Å². The van der Waals surface area contributed by atoms with Crippen LogP contribution >= 0.6 is 0 Å². The summed E-state index contributed by atoms with van der Waals surface area (Å²) >= 11 is 0. The molecule has 0 heterocycles. The number of hydrogen-bond acceptors (Lipinski definition) is 5. The molecular formula is C21H26N2O5S. The van der Waals surface area contributed by atoms with E-state index in [-0.39, 0.29) is 35.4 Å². The van der Waals surface area contributed by atoms with Gasteiger partial charge in [-0.2, -0.15) is 0 Å². The van der Waals surface area contributed by atoms with Gasteiger partial charge in [-0.1, -0.05) is 12.1 Å². The van der Waals surface area contributed by atoms with E-state index in [1.165, 1.54) is 12.1 Å². The molecule has 7 nitrogen and oxygen atoms in total. The van der Waals surface area contributed by atoms with Gasteiger partial charge in [0.1, 0.15) is 5.75 Å². The highest BCUT2D eigenvalue weighted by Gasteiger charge is 2.13. The van der Waals surface area contributed by atoms with Gasteiger partial charge in [-0.3, -0.25) is 9.59 Å². The Labute approximate surface area is 171 Å². The molecule has 156 valence electrons. The SMILES string of the molecule is CC(C)Oc1ccc(C(=O)NCC(=O)NC(C)c2ccc(S(C)(=O)=O)cc2)cc1. The van der Waals surface area contributed by atoms with E-state index in [9.17, 15) is 18.0 Å². The molecule has 2 N–H and O–H groups in total. The molecule has 0 fully saturated rings. The van der Waals surface area contributed by atoms with Gasteiger partial charge in [-0.15, -0.1) is 0 Å². The highest BCUT2D eigenvalue weighted by Crippen LogP contribution is 2.16. The predicted molar refractivity (Wildman–Crippen MR) is 111 cm³/mol. The smallest absolute Gasteiger partial charge is 0.251 e. The van der Waals surface area contributed by atoms with Crippen LogP contribution in [-0.2, 0) is 14.6 Å². The van der Waals surface area contributed by atoms with Crippen molar-refractivity contribution in [3.8, 4) is 5.75 Å². The molecule has 1 atom stereocenters. The van der Waals surface area contributed by atoms with Crippen LogP contribution in [0.3, 0.4) is 0 Å². The molecule has 0 aromatic heterocycles. The first kappa shape index (κ1) is 22.4. The van der Waals surface area contributed by atoms with Crippen LogP contribution in [-0.4, -0.2) is 39.1 Å². The summed E-state index contributed by atoms with van der Waals surface area (Å²) in [5, 5.41) is 5.34. The van der Waals surface area contributed by atoms with Crippen molar-refractivity contribution in [1.82, 2.24) is 10.6 Å². The quantitative estimate of drug-likeness (QED) is 0.686. The first-order valence-corrected chi connectivity index (χ1v) is 11.1. The number of benzene rings is 2. The van der Waals surface area contributed by atoms with Crippen molar-refractivity contribution in [2.75, 3.05) is 12.8 Å². The molecule has 2 rings (SSSR count). The maximum atomic E-state index is 12.2. The molecule has 0 spiro atoms. The maximum absolute atomic E-state index is 12.2. The molecule has 0 aliphatic heterocycles. The number of hydrogen-bond donors (Lipinski definition) is 2. The van der Waals surface area contributed by atoms with Gasteiger partial charge in [0.05, 0.1) is 23.6 Å². The van der Waals surface area contributed by atoms with Crippen LogP contribution < -0.4 is 15.4 Å². The third-order valence-corrected chi connectivity index (χ3v) is 5.21. The normalized spacial score (nSPS) is 12.3. The fraction of sp³-hybridized carbons (Fsp3) is 0.333. The Kier molecular flexibility index (Phi) is 7.39. The molecule has 0 saturated heterocycles. The van der Waals surface area contributed by atoms with E-state index in [4.69, 9.17) is 4.74 Å². The number of carbonyl (C=O) groups is 2. The second-order valence-electron chi connectivity index (χ2n) is 7.00. The lowest BCUT2D eigenvalue weighted by molar-refractivity contribution is -0.120. The van der Waals surface area contributed by atoms with E-state index < -0.39 is 9.84 Å². The second kappa shape index (κ2) is 9.56. The Morgan fingerprint density at radius 3 is 2.07 bits per heavy atom. The van der Waals surface area contributed by atoms with Crippen LogP contribution in [0.4, 0.5) is 0 Å². The molecule has 0 radical (unpaired) electrons. The number of sulfone groups is 1. The number of rotatable bonds is 8. The van der Waals surface area contributed by atoms with E-state index in [1.807, 2.05) is 13.8 Å². The standard InChI is InChI=1S/C21H26N2O5S/c1-14(2)28-18-9-5-17(6-10-18)21(25)22-13-20(24)23-15(3)16-7-11-19(12-8-16)29(4,26)27/h5-12,14-15H,13H2,1-4H3,(H,22,25)(H,23,24). The summed E-state index contributed by atoms with van der Waals surface area (Å²) in [4.78, 5) is 24.5. The van der Waals surface area contributed by atoms with E-state index in [1.54, 1.807) is 43.3 Å². The minimum absolute atomic E-state index is 0.0444. The van der Waals surface area contributed by atoms with Crippen LogP contribution in [0.15, 0.2) is 53.4 Å². The summed E-state index contributed by atoms with van der Waals surface area (Å²) in [6.07, 6.45) is 1.18. The maximum Gasteiger partial charge on any atom is 0.251 e. The minimum Gasteiger partial charge on any atom is -0.491 e. The van der Waals surface area contributed by atoms with Crippen LogP contribution in [0.2, 0.25) is 0 Å². The highest BCUT2D eigenvalue weighted by molar-refractivity contribution is 7.90. The van der Waals surface area contributed by atoms with Gasteiger partial charge in [0, 0.05) is 11.8 Å². The Bertz CT molecular complexity index is 952. The summed E-state index contributed by atoms with van der Waals surface area (Å²) in [6, 6.07) is 12.7. The Balaban J connectivity index is 1.86. The van der Waals surface area contributed by atoms with Gasteiger partial charge in [0.2, 0.25) is 5.91 Å². The molecule has 29 heavy (non-hydrogen) atoms. The Morgan fingerprint density at radius 2 is 1.55 bits per heavy atom. The largest absolute Gasteiger partial charge is 0.491 e. The zero-order valence-corrected chi connectivity index (χ0v) is 17.7. The van der Waals surface area contributed by atoms with Crippen LogP contribution in [0.25, 0.3) is 0 Å². The van der Waals surface area contributed by atoms with Crippen LogP contribution in [0.5, 0.6) is 5.75 Å². The van der Waals surface area contributed by atoms with Crippen LogP contribution in [0.1, 0.15) is 42.7 Å². The molecule has 0 aliphatic rings. The first-order chi connectivity index (χ1) is 13.6. The predicted octanol–water partition coefficient (Wildman–Crippen LogP) is 2.48. The fourth-order valence-electron chi connectivity index (χ4n) is 2.60. The summed E-state index contributed by atoms with van der Waals surface area (Å²) in [5.74, 6) is -0.0378. The molecule has 8 heteroatoms. The summed E-state index contributed by atoms with van der Waals surface area (Å²) in [5.41, 5.74) is 1.19. The first-order valence-electron chi connectivity index (χ1n) is 9.20. The number of amides is 2. The number of carbonyl (C=O) groups excluding carboxylic acids is 2. The van der Waals surface area contributed by atoms with Gasteiger partial charge in [-0.05, 0) is 62.7 Å². The Hall–Kier alpha value is -2.87. The van der Waals surface area contributed by atoms with Gasteiger partial charge in [-0.25, -0.2) is 8.42 Å². The topological polar surface area (TPSA) is 102 Å². The van der Waals surface area contributed by atoms with Crippen molar-refractivity contribution in [3.05, 3.63) is 59.7 Å². The van der Waals surface area contributed by atoms with Gasteiger partial charge in [0.15, 0.2) is 9.84 Å². The lowest BCUT2D eigenvalue weighted by Crippen LogP contribution is -2.38. The molecular weight excluding hydrogens is 392 g/mol. The molecule has 0 saturated carbocycles. The van der Waals surface area contributed by atoms with Gasteiger partial charge >= 0.3 is 0 Å². The summed E-state index contributed by atoms with van der Waals surface area (Å²) < 4.78 is 28.5. The lowest BCUT2D eigenvalue weighted by atomic mass is 10.1. The lowest BCUT2D eigenvalue weighted by Gasteiger charge is -2.15. The van der Waals surface area contributed by atoms with Crippen molar-refractivity contribution >= 4 is 21.7 Å². The molecule has 2 aromatic rings.